The minimum Gasteiger partial charge on any atom is -0.420 e. The highest BCUT2D eigenvalue weighted by molar-refractivity contribution is 7.97. The van der Waals surface area contributed by atoms with Crippen LogP contribution in [0.15, 0.2) is 141 Å². The van der Waals surface area contributed by atoms with Crippen LogP contribution in [0.25, 0.3) is 11.1 Å². The summed E-state index contributed by atoms with van der Waals surface area (Å²) in [6, 6.07) is 38.9. The van der Waals surface area contributed by atoms with Gasteiger partial charge in [-0.2, -0.15) is 21.6 Å². The van der Waals surface area contributed by atoms with Crippen molar-refractivity contribution in [1.82, 2.24) is 0 Å². The Morgan fingerprint density at radius 1 is 0.630 bits per heavy atom. The maximum Gasteiger partial charge on any atom is 0.491 e. The van der Waals surface area contributed by atoms with E-state index in [-0.39, 0.29) is 39.3 Å². The van der Waals surface area contributed by atoms with E-state index >= 15 is 0 Å². The second-order valence-corrected chi connectivity index (χ2v) is 17.6. The van der Waals surface area contributed by atoms with Crippen molar-refractivity contribution in [1.29, 1.82) is 0 Å². The second kappa shape index (κ2) is 16.2. The van der Waals surface area contributed by atoms with Gasteiger partial charge in [-0.25, -0.2) is 4.79 Å². The Balaban J connectivity index is 1.34. The quantitative estimate of drug-likeness (QED) is 0.0698. The van der Waals surface area contributed by atoms with E-state index in [4.69, 9.17) is 0 Å². The molecule has 2 unspecified atom stereocenters. The van der Waals surface area contributed by atoms with Gasteiger partial charge in [0.05, 0.1) is 10.9 Å². The highest BCUT2D eigenvalue weighted by atomic mass is 32.2. The Bertz CT molecular complexity index is 2140. The van der Waals surface area contributed by atoms with Gasteiger partial charge in [0.15, 0.2) is 14.7 Å². The number of ether oxygens (including phenoxy) is 1. The van der Waals surface area contributed by atoms with Crippen molar-refractivity contribution in [2.45, 2.75) is 101 Å². The summed E-state index contributed by atoms with van der Waals surface area (Å²) in [5.41, 5.74) is 3.60. The monoisotopic (exact) mass is 771 g/mol. The number of rotatable bonds is 9. The van der Waals surface area contributed by atoms with E-state index in [1.54, 1.807) is 12.1 Å². The highest BCUT2D eigenvalue weighted by Gasteiger charge is 2.41. The van der Waals surface area contributed by atoms with Gasteiger partial charge in [0.2, 0.25) is 0 Å². The molecule has 10 heteroatoms. The fourth-order valence-electron chi connectivity index (χ4n) is 8.31. The van der Waals surface area contributed by atoms with Crippen molar-refractivity contribution in [2.75, 3.05) is 0 Å². The molecule has 0 spiro atoms. The third-order valence-corrected chi connectivity index (χ3v) is 13.9. The van der Waals surface area contributed by atoms with Crippen molar-refractivity contribution >= 4 is 27.0 Å². The Hall–Kier alpha value is -4.38. The van der Waals surface area contributed by atoms with Gasteiger partial charge < -0.3 is 4.74 Å². The topological polar surface area (TPSA) is 80.7 Å². The minimum atomic E-state index is -5.13. The zero-order valence-electron chi connectivity index (χ0n) is 29.7. The Morgan fingerprint density at radius 2 is 1.19 bits per heavy atom. The molecule has 0 bridgehead atoms. The molecule has 0 aliphatic heterocycles. The van der Waals surface area contributed by atoms with Crippen molar-refractivity contribution in [3.8, 4) is 16.9 Å². The summed E-state index contributed by atoms with van der Waals surface area (Å²) in [6.45, 7) is 0. The molecule has 0 saturated heterocycles. The maximum atomic E-state index is 13.6. The molecule has 0 amide bonds. The standard InChI is InChI=1S/C44H41F3O5S2/c45-44(46,47)43(48)52-34-25-23-30(24-26-34)33-28-40(31-13-4-1-5-14-31)42(54(49,50)51)41(29-33)39-22-11-10-21-38(39)32-15-12-20-37(27-32)53(35-16-6-2-7-17-35)36-18-8-3-9-19-36/h2-3,6-9,12,15-20,23-29,31,38-39H,1,4-5,10-11,13-14,21-22H2/p+1. The summed E-state index contributed by atoms with van der Waals surface area (Å²) in [4.78, 5) is 15.0. The summed E-state index contributed by atoms with van der Waals surface area (Å²) in [5, 5.41) is 0. The van der Waals surface area contributed by atoms with Crippen LogP contribution in [0.2, 0.25) is 0 Å². The molecule has 54 heavy (non-hydrogen) atoms. The smallest absolute Gasteiger partial charge is 0.420 e. The van der Waals surface area contributed by atoms with Crippen LogP contribution in [0, 0.1) is 0 Å². The first-order chi connectivity index (χ1) is 26.0. The van der Waals surface area contributed by atoms with Crippen LogP contribution in [0.1, 0.15) is 92.2 Å². The van der Waals surface area contributed by atoms with Crippen LogP contribution in [0.5, 0.6) is 5.75 Å². The molecule has 5 aromatic carbocycles. The molecule has 2 saturated carbocycles. The molecular formula is C44H42F3O5S2+. The molecule has 2 aliphatic carbocycles. The van der Waals surface area contributed by atoms with Gasteiger partial charge in [-0.05, 0) is 132 Å². The predicted molar refractivity (Wildman–Crippen MR) is 205 cm³/mol. The van der Waals surface area contributed by atoms with E-state index < -0.39 is 22.3 Å². The van der Waals surface area contributed by atoms with E-state index in [9.17, 15) is 30.9 Å². The van der Waals surface area contributed by atoms with Crippen molar-refractivity contribution in [2.24, 2.45) is 0 Å². The maximum absolute atomic E-state index is 13.6. The van der Waals surface area contributed by atoms with Crippen LogP contribution in [-0.2, 0) is 25.8 Å². The molecule has 2 aliphatic rings. The number of hydrogen-bond donors (Lipinski definition) is 1. The third-order valence-electron chi connectivity index (χ3n) is 10.7. The number of carbonyl (C=O) groups is 1. The molecule has 280 valence electrons. The largest absolute Gasteiger partial charge is 0.491 e. The lowest BCUT2D eigenvalue weighted by Crippen LogP contribution is -2.27. The zero-order valence-corrected chi connectivity index (χ0v) is 31.3. The molecule has 2 atom stereocenters. The number of esters is 1. The Labute approximate surface area is 317 Å². The first-order valence-corrected chi connectivity index (χ1v) is 21.1. The van der Waals surface area contributed by atoms with Crippen molar-refractivity contribution in [3.05, 3.63) is 138 Å². The normalized spacial score (nSPS) is 18.4. The van der Waals surface area contributed by atoms with Gasteiger partial charge in [0.1, 0.15) is 10.6 Å². The molecule has 2 fully saturated rings. The lowest BCUT2D eigenvalue weighted by atomic mass is 9.71. The van der Waals surface area contributed by atoms with Gasteiger partial charge in [-0.15, -0.1) is 0 Å². The zero-order chi connectivity index (χ0) is 37.9. The molecule has 1 N–H and O–H groups in total. The number of halogens is 3. The fourth-order valence-corrected chi connectivity index (χ4v) is 11.5. The number of carbonyl (C=O) groups excluding carboxylic acids is 1. The summed E-state index contributed by atoms with van der Waals surface area (Å²) >= 11 is 0. The van der Waals surface area contributed by atoms with Crippen LogP contribution in [-0.4, -0.2) is 25.1 Å². The van der Waals surface area contributed by atoms with Crippen LogP contribution >= 0.6 is 0 Å². The van der Waals surface area contributed by atoms with Gasteiger partial charge >= 0.3 is 12.1 Å². The average Bonchev–Trinajstić information content (AvgIpc) is 3.18. The van der Waals surface area contributed by atoms with Crippen molar-refractivity contribution in [3.63, 3.8) is 0 Å². The van der Waals surface area contributed by atoms with Crippen LogP contribution in [0.3, 0.4) is 0 Å². The van der Waals surface area contributed by atoms with E-state index in [0.29, 0.717) is 22.3 Å². The molecule has 0 radical (unpaired) electrons. The lowest BCUT2D eigenvalue weighted by molar-refractivity contribution is -0.189. The van der Waals surface area contributed by atoms with E-state index in [1.807, 2.05) is 24.3 Å². The lowest BCUT2D eigenvalue weighted by Gasteiger charge is -2.35. The predicted octanol–water partition coefficient (Wildman–Crippen LogP) is 11.7. The summed E-state index contributed by atoms with van der Waals surface area (Å²) < 4.78 is 81.3. The van der Waals surface area contributed by atoms with E-state index in [2.05, 4.69) is 77.5 Å². The summed E-state index contributed by atoms with van der Waals surface area (Å²) in [5.74, 6) is -2.89. The minimum absolute atomic E-state index is 0.00439. The molecule has 5 nitrogen and oxygen atoms in total. The highest BCUT2D eigenvalue weighted by Crippen LogP contribution is 2.50. The van der Waals surface area contributed by atoms with Gasteiger partial charge in [0.25, 0.3) is 10.1 Å². The van der Waals surface area contributed by atoms with Gasteiger partial charge in [-0.1, -0.05) is 92.8 Å². The van der Waals surface area contributed by atoms with E-state index in [1.165, 1.54) is 21.9 Å². The number of hydrogen-bond acceptors (Lipinski definition) is 4. The van der Waals surface area contributed by atoms with Gasteiger partial charge in [0, 0.05) is 0 Å². The number of benzene rings is 5. The average molecular weight is 772 g/mol. The first kappa shape index (κ1) is 37.9. The first-order valence-electron chi connectivity index (χ1n) is 18.5. The third kappa shape index (κ3) is 8.46. The van der Waals surface area contributed by atoms with Crippen molar-refractivity contribution < 1.29 is 35.7 Å². The van der Waals surface area contributed by atoms with Crippen LogP contribution in [0.4, 0.5) is 13.2 Å². The molecule has 5 aromatic rings. The molecule has 0 aromatic heterocycles. The summed E-state index contributed by atoms with van der Waals surface area (Å²) in [6.07, 6.45) is 2.81. The number of alkyl halides is 3. The van der Waals surface area contributed by atoms with Gasteiger partial charge in [-0.3, -0.25) is 4.55 Å². The Kier molecular flexibility index (Phi) is 11.3. The van der Waals surface area contributed by atoms with Crippen LogP contribution < -0.4 is 4.74 Å². The fraction of sp³-hybridized carbons (Fsp3) is 0.295. The Morgan fingerprint density at radius 3 is 1.78 bits per heavy atom. The molecular weight excluding hydrogens is 730 g/mol. The summed E-state index contributed by atoms with van der Waals surface area (Å²) in [7, 11) is -5.04. The second-order valence-electron chi connectivity index (χ2n) is 14.2. The van der Waals surface area contributed by atoms with E-state index in [0.717, 1.165) is 68.2 Å². The molecule has 7 rings (SSSR count). The SMILES string of the molecule is O=C(Oc1ccc(-c2cc(C3CCCCC3)c(S(=O)(=O)O)c(C3CCCCC3c3cccc([S+](c4ccccc4)c4ccccc4)c3)c2)cc1)C(F)(F)F. The molecule has 0 heterocycles.